The van der Waals surface area contributed by atoms with Crippen LogP contribution in [-0.4, -0.2) is 30.8 Å². The minimum Gasteiger partial charge on any atom is -0.394 e. The summed E-state index contributed by atoms with van der Waals surface area (Å²) in [7, 11) is 0. The van der Waals surface area contributed by atoms with Crippen LogP contribution in [0, 0.1) is 0 Å². The lowest BCUT2D eigenvalue weighted by Crippen LogP contribution is -2.33. The summed E-state index contributed by atoms with van der Waals surface area (Å²) in [6, 6.07) is 9.03. The number of amides is 1. The number of nitrogens with one attached hydrogen (secondary N) is 1. The highest BCUT2D eigenvalue weighted by Crippen LogP contribution is 2.11. The first kappa shape index (κ1) is 14.7. The molecule has 0 fully saturated rings. The highest BCUT2D eigenvalue weighted by molar-refractivity contribution is 5.77. The van der Waals surface area contributed by atoms with Gasteiger partial charge >= 0.3 is 0 Å². The van der Waals surface area contributed by atoms with Crippen molar-refractivity contribution in [2.24, 2.45) is 0 Å². The Morgan fingerprint density at radius 2 is 2.11 bits per heavy atom. The second-order valence-corrected chi connectivity index (χ2v) is 4.12. The van der Waals surface area contributed by atoms with E-state index >= 15 is 0 Å². The maximum Gasteiger partial charge on any atom is 0.246 e. The van der Waals surface area contributed by atoms with Crippen molar-refractivity contribution in [3.05, 3.63) is 35.9 Å². The first-order valence-corrected chi connectivity index (χ1v) is 6.30. The third-order valence-electron chi connectivity index (χ3n) is 2.60. The summed E-state index contributed by atoms with van der Waals surface area (Å²) in [4.78, 5) is 11.6. The Morgan fingerprint density at radius 1 is 1.39 bits per heavy atom. The van der Waals surface area contributed by atoms with E-state index in [1.165, 1.54) is 0 Å². The average Bonchev–Trinajstić information content (AvgIpc) is 2.42. The first-order chi connectivity index (χ1) is 8.77. The number of rotatable bonds is 8. The largest absolute Gasteiger partial charge is 0.394 e. The van der Waals surface area contributed by atoms with Crippen LogP contribution in [0.15, 0.2) is 30.3 Å². The van der Waals surface area contributed by atoms with E-state index in [9.17, 15) is 9.90 Å². The van der Waals surface area contributed by atoms with E-state index in [1.807, 2.05) is 30.3 Å². The van der Waals surface area contributed by atoms with E-state index in [4.69, 9.17) is 4.74 Å². The number of unbranched alkanes of at least 4 members (excludes halogenated alkanes) is 1. The average molecular weight is 251 g/mol. The van der Waals surface area contributed by atoms with Gasteiger partial charge in [-0.15, -0.1) is 0 Å². The Kier molecular flexibility index (Phi) is 7.06. The van der Waals surface area contributed by atoms with Crippen LogP contribution in [0.5, 0.6) is 0 Å². The van der Waals surface area contributed by atoms with Crippen molar-refractivity contribution in [2.45, 2.75) is 25.8 Å². The molecule has 100 valence electrons. The lowest BCUT2D eigenvalue weighted by Gasteiger charge is -2.16. The lowest BCUT2D eigenvalue weighted by atomic mass is 10.1. The van der Waals surface area contributed by atoms with Gasteiger partial charge in [0.1, 0.15) is 6.61 Å². The van der Waals surface area contributed by atoms with Gasteiger partial charge in [0.25, 0.3) is 0 Å². The number of hydrogen-bond donors (Lipinski definition) is 2. The normalized spacial score (nSPS) is 12.1. The molecule has 4 heteroatoms. The molecule has 0 aromatic heterocycles. The maximum absolute atomic E-state index is 11.6. The number of ether oxygens (including phenoxy) is 1. The molecule has 4 nitrogen and oxygen atoms in total. The summed E-state index contributed by atoms with van der Waals surface area (Å²) in [5.74, 6) is -0.200. The van der Waals surface area contributed by atoms with Crippen molar-refractivity contribution in [3.8, 4) is 0 Å². The Labute approximate surface area is 108 Å². The van der Waals surface area contributed by atoms with Crippen LogP contribution >= 0.6 is 0 Å². The molecule has 1 aromatic carbocycles. The summed E-state index contributed by atoms with van der Waals surface area (Å²) >= 11 is 0. The number of carbonyl (C=O) groups excluding carboxylic acids is 1. The Hall–Kier alpha value is -1.39. The number of aliphatic hydroxyl groups is 1. The zero-order valence-electron chi connectivity index (χ0n) is 10.8. The molecule has 18 heavy (non-hydrogen) atoms. The summed E-state index contributed by atoms with van der Waals surface area (Å²) in [6.45, 7) is 2.59. The van der Waals surface area contributed by atoms with Crippen molar-refractivity contribution in [2.75, 3.05) is 19.8 Å². The van der Waals surface area contributed by atoms with Crippen molar-refractivity contribution in [1.82, 2.24) is 5.32 Å². The summed E-state index contributed by atoms with van der Waals surface area (Å²) < 4.78 is 5.22. The van der Waals surface area contributed by atoms with Crippen molar-refractivity contribution in [1.29, 1.82) is 0 Å². The van der Waals surface area contributed by atoms with E-state index in [0.29, 0.717) is 6.61 Å². The van der Waals surface area contributed by atoms with E-state index in [-0.39, 0.29) is 25.2 Å². The van der Waals surface area contributed by atoms with Gasteiger partial charge in [-0.2, -0.15) is 0 Å². The minimum absolute atomic E-state index is 0.0450. The highest BCUT2D eigenvalue weighted by atomic mass is 16.5. The third kappa shape index (κ3) is 5.29. The third-order valence-corrected chi connectivity index (χ3v) is 2.60. The number of carbonyl (C=O) groups is 1. The monoisotopic (exact) mass is 251 g/mol. The number of aliphatic hydroxyl groups excluding tert-OH is 1. The van der Waals surface area contributed by atoms with Crippen LogP contribution in [0.4, 0.5) is 0 Å². The molecule has 0 heterocycles. The molecule has 0 aliphatic heterocycles. The quantitative estimate of drug-likeness (QED) is 0.691. The maximum atomic E-state index is 11.6. The van der Waals surface area contributed by atoms with Gasteiger partial charge in [0.05, 0.1) is 12.6 Å². The predicted molar refractivity (Wildman–Crippen MR) is 70.1 cm³/mol. The standard InChI is InChI=1S/C14H21NO3/c1-2-3-9-18-11-14(17)15-13(10-16)12-7-5-4-6-8-12/h4-8,13,16H,2-3,9-11H2,1H3,(H,15,17)/t13-/m1/s1. The van der Waals surface area contributed by atoms with Gasteiger partial charge in [-0.1, -0.05) is 43.7 Å². The number of hydrogen-bond acceptors (Lipinski definition) is 3. The Bertz CT molecular complexity index is 340. The molecule has 1 amide bonds. The molecule has 0 spiro atoms. The molecule has 1 atom stereocenters. The topological polar surface area (TPSA) is 58.6 Å². The van der Waals surface area contributed by atoms with Gasteiger partial charge in [-0.3, -0.25) is 4.79 Å². The first-order valence-electron chi connectivity index (χ1n) is 6.30. The molecule has 0 aliphatic rings. The van der Waals surface area contributed by atoms with Crippen LogP contribution in [0.2, 0.25) is 0 Å². The second-order valence-electron chi connectivity index (χ2n) is 4.12. The van der Waals surface area contributed by atoms with Crippen LogP contribution in [-0.2, 0) is 9.53 Å². The molecular formula is C14H21NO3. The second kappa shape index (κ2) is 8.66. The molecule has 2 N–H and O–H groups in total. The number of benzene rings is 1. The lowest BCUT2D eigenvalue weighted by molar-refractivity contribution is -0.126. The fraction of sp³-hybridized carbons (Fsp3) is 0.500. The predicted octanol–water partition coefficient (Wildman–Crippen LogP) is 1.65. The molecule has 0 bridgehead atoms. The summed E-state index contributed by atoms with van der Waals surface area (Å²) in [5.41, 5.74) is 0.891. The molecule has 0 unspecified atom stereocenters. The van der Waals surface area contributed by atoms with Crippen molar-refractivity contribution in [3.63, 3.8) is 0 Å². The van der Waals surface area contributed by atoms with E-state index < -0.39 is 0 Å². The van der Waals surface area contributed by atoms with Gasteiger partial charge in [-0.05, 0) is 12.0 Å². The van der Waals surface area contributed by atoms with Gasteiger partial charge in [-0.25, -0.2) is 0 Å². The Morgan fingerprint density at radius 3 is 2.72 bits per heavy atom. The van der Waals surface area contributed by atoms with E-state index in [0.717, 1.165) is 18.4 Å². The molecule has 0 saturated heterocycles. The van der Waals surface area contributed by atoms with Gasteiger partial charge in [0, 0.05) is 6.61 Å². The van der Waals surface area contributed by atoms with Crippen molar-refractivity contribution < 1.29 is 14.6 Å². The smallest absolute Gasteiger partial charge is 0.246 e. The Balaban J connectivity index is 2.37. The minimum atomic E-state index is -0.367. The van der Waals surface area contributed by atoms with Crippen LogP contribution in [0.3, 0.4) is 0 Å². The molecule has 1 aromatic rings. The fourth-order valence-corrected chi connectivity index (χ4v) is 1.57. The zero-order valence-corrected chi connectivity index (χ0v) is 10.8. The van der Waals surface area contributed by atoms with Crippen LogP contribution < -0.4 is 5.32 Å². The van der Waals surface area contributed by atoms with Crippen molar-refractivity contribution >= 4 is 5.91 Å². The zero-order chi connectivity index (χ0) is 13.2. The fourth-order valence-electron chi connectivity index (χ4n) is 1.57. The van der Waals surface area contributed by atoms with Gasteiger partial charge in [0.15, 0.2) is 0 Å². The summed E-state index contributed by atoms with van der Waals surface area (Å²) in [6.07, 6.45) is 2.00. The molecule has 0 radical (unpaired) electrons. The molecule has 1 rings (SSSR count). The van der Waals surface area contributed by atoms with Crippen LogP contribution in [0.1, 0.15) is 31.4 Å². The molecular weight excluding hydrogens is 230 g/mol. The van der Waals surface area contributed by atoms with E-state index in [1.54, 1.807) is 0 Å². The summed E-state index contributed by atoms with van der Waals surface area (Å²) in [5, 5.41) is 12.0. The SMILES string of the molecule is CCCCOCC(=O)N[C@H](CO)c1ccccc1. The highest BCUT2D eigenvalue weighted by Gasteiger charge is 2.12. The van der Waals surface area contributed by atoms with Crippen LogP contribution in [0.25, 0.3) is 0 Å². The molecule has 0 aliphatic carbocycles. The van der Waals surface area contributed by atoms with E-state index in [2.05, 4.69) is 12.2 Å². The molecule has 0 saturated carbocycles. The van der Waals surface area contributed by atoms with Gasteiger partial charge < -0.3 is 15.2 Å². The van der Waals surface area contributed by atoms with Gasteiger partial charge in [0.2, 0.25) is 5.91 Å².